The first-order chi connectivity index (χ1) is 19.7. The largest absolute Gasteiger partial charge is 0.496 e. The Labute approximate surface area is 244 Å². The van der Waals surface area contributed by atoms with Gasteiger partial charge in [-0.3, -0.25) is 14.5 Å². The number of rotatable bonds is 4. The van der Waals surface area contributed by atoms with E-state index in [0.717, 1.165) is 16.7 Å². The number of nitrogens with zero attached hydrogens (tertiary/aromatic N) is 2. The average Bonchev–Trinajstić information content (AvgIpc) is 3.32. The molecule has 1 saturated heterocycles. The van der Waals surface area contributed by atoms with Gasteiger partial charge in [0.2, 0.25) is 5.91 Å². The number of hydrogen-bond donors (Lipinski definition) is 1. The van der Waals surface area contributed by atoms with Crippen LogP contribution in [0.4, 0.5) is 0 Å². The van der Waals surface area contributed by atoms with E-state index in [1.54, 1.807) is 39.5 Å². The lowest BCUT2D eigenvalue weighted by Crippen LogP contribution is -2.48. The van der Waals surface area contributed by atoms with Crippen LogP contribution in [0.5, 0.6) is 23.0 Å². The van der Waals surface area contributed by atoms with Crippen molar-refractivity contribution in [2.24, 2.45) is 0 Å². The number of carbonyl (C=O) groups is 2. The lowest BCUT2D eigenvalue weighted by Gasteiger charge is -2.23. The normalized spacial score (nSPS) is 19.8. The van der Waals surface area contributed by atoms with Crippen molar-refractivity contribution in [2.75, 3.05) is 40.9 Å². The van der Waals surface area contributed by atoms with Gasteiger partial charge in [0.25, 0.3) is 5.91 Å². The third-order valence-corrected chi connectivity index (χ3v) is 7.69. The minimum absolute atomic E-state index is 0.0902. The number of nitrogens with one attached hydrogen (secondary N) is 1. The van der Waals surface area contributed by atoms with Crippen LogP contribution in [0.25, 0.3) is 0 Å². The fraction of sp³-hybridized carbons (Fsp3) is 0.355. The Kier molecular flexibility index (Phi) is 8.68. The Bertz CT molecular complexity index is 1450. The lowest BCUT2D eigenvalue weighted by atomic mass is 10.1. The number of hydrogen-bond acceptors (Lipinski definition) is 7. The summed E-state index contributed by atoms with van der Waals surface area (Å²) >= 11 is 6.41. The van der Waals surface area contributed by atoms with Crippen molar-refractivity contribution in [2.45, 2.75) is 32.2 Å². The van der Waals surface area contributed by atoms with Crippen LogP contribution in [0.2, 0.25) is 5.02 Å². The van der Waals surface area contributed by atoms with Crippen LogP contribution in [0.3, 0.4) is 0 Å². The Balaban J connectivity index is 1.40. The predicted molar refractivity (Wildman–Crippen MR) is 155 cm³/mol. The molecule has 216 valence electrons. The maximum Gasteiger partial charge on any atom is 0.254 e. The molecule has 2 amide bonds. The average molecular weight is 580 g/mol. The summed E-state index contributed by atoms with van der Waals surface area (Å²) in [4.78, 5) is 29.9. The van der Waals surface area contributed by atoms with Gasteiger partial charge in [-0.25, -0.2) is 0 Å². The molecule has 2 aliphatic heterocycles. The van der Waals surface area contributed by atoms with Crippen LogP contribution < -0.4 is 19.5 Å². The number of aryl methyl sites for hydroxylation is 1. The molecule has 4 bridgehead atoms. The molecule has 1 fully saturated rings. The highest BCUT2D eigenvalue weighted by atomic mass is 35.5. The van der Waals surface area contributed by atoms with Crippen LogP contribution in [-0.4, -0.2) is 74.7 Å². The minimum atomic E-state index is -0.288. The van der Waals surface area contributed by atoms with Gasteiger partial charge in [-0.1, -0.05) is 29.8 Å². The number of benzene rings is 3. The van der Waals surface area contributed by atoms with Crippen LogP contribution in [-0.2, 0) is 22.7 Å². The van der Waals surface area contributed by atoms with Gasteiger partial charge in [0.1, 0.15) is 23.0 Å². The number of likely N-dealkylation sites (N-methyl/N-ethyl adjacent to an activating group) is 1. The van der Waals surface area contributed by atoms with Crippen molar-refractivity contribution in [1.29, 1.82) is 0 Å². The smallest absolute Gasteiger partial charge is 0.254 e. The third-order valence-electron chi connectivity index (χ3n) is 7.39. The second kappa shape index (κ2) is 12.4. The molecule has 9 nitrogen and oxygen atoms in total. The molecule has 0 saturated carbocycles. The molecule has 2 atom stereocenters. The van der Waals surface area contributed by atoms with E-state index in [2.05, 4.69) is 10.2 Å². The summed E-state index contributed by atoms with van der Waals surface area (Å²) in [6, 6.07) is 16.3. The number of ether oxygens (including phenoxy) is 4. The Morgan fingerprint density at radius 2 is 1.83 bits per heavy atom. The highest BCUT2D eigenvalue weighted by molar-refractivity contribution is 6.32. The maximum atomic E-state index is 13.2. The molecule has 0 unspecified atom stereocenters. The standard InChI is InChI=1S/C31H34ClN3O6/c1-19-8-9-21-12-26(19)41-23-7-5-6-20(10-23)18-40-29-16-35(15-25(29)33-30(36)17-34(2)31(21)37)14-22-11-24(32)28(39-4)13-27(22)38-3/h5-13,25,29H,14-18H2,1-4H3,(H,33,36)/t25-,29-/m0/s1. The molecule has 41 heavy (non-hydrogen) atoms. The van der Waals surface area contributed by atoms with Crippen molar-refractivity contribution < 1.29 is 28.5 Å². The molecule has 3 aromatic rings. The van der Waals surface area contributed by atoms with E-state index in [-0.39, 0.29) is 30.5 Å². The molecule has 0 radical (unpaired) electrons. The van der Waals surface area contributed by atoms with Gasteiger partial charge in [-0.15, -0.1) is 0 Å². The lowest BCUT2D eigenvalue weighted by molar-refractivity contribution is -0.123. The molecular formula is C31H34ClN3O6. The van der Waals surface area contributed by atoms with Crippen molar-refractivity contribution in [3.63, 3.8) is 0 Å². The first-order valence-electron chi connectivity index (χ1n) is 13.4. The van der Waals surface area contributed by atoms with Gasteiger partial charge in [-0.2, -0.15) is 0 Å². The van der Waals surface area contributed by atoms with Crippen molar-refractivity contribution in [3.8, 4) is 23.0 Å². The predicted octanol–water partition coefficient (Wildman–Crippen LogP) is 4.43. The van der Waals surface area contributed by atoms with E-state index in [9.17, 15) is 9.59 Å². The van der Waals surface area contributed by atoms with E-state index < -0.39 is 0 Å². The Morgan fingerprint density at radius 3 is 2.61 bits per heavy atom. The van der Waals surface area contributed by atoms with Gasteiger partial charge < -0.3 is 29.2 Å². The van der Waals surface area contributed by atoms with E-state index in [0.29, 0.717) is 59.8 Å². The molecule has 0 aromatic heterocycles. The zero-order valence-corrected chi connectivity index (χ0v) is 24.4. The summed E-state index contributed by atoms with van der Waals surface area (Å²) in [5.74, 6) is 1.91. The molecule has 3 aromatic carbocycles. The summed E-state index contributed by atoms with van der Waals surface area (Å²) in [7, 11) is 4.78. The molecule has 5 rings (SSSR count). The van der Waals surface area contributed by atoms with Gasteiger partial charge >= 0.3 is 0 Å². The van der Waals surface area contributed by atoms with E-state index in [1.807, 2.05) is 43.3 Å². The first-order valence-corrected chi connectivity index (χ1v) is 13.8. The molecule has 1 N–H and O–H groups in total. The first kappa shape index (κ1) is 28.7. The number of carbonyl (C=O) groups excluding carboxylic acids is 2. The van der Waals surface area contributed by atoms with Gasteiger partial charge in [0.05, 0.1) is 44.5 Å². The Morgan fingerprint density at radius 1 is 1.02 bits per heavy atom. The maximum absolute atomic E-state index is 13.2. The summed E-state index contributed by atoms with van der Waals surface area (Å²) in [6.07, 6.45) is -0.285. The molecule has 10 heteroatoms. The molecule has 2 heterocycles. The van der Waals surface area contributed by atoms with Gasteiger partial charge in [-0.05, 0) is 48.4 Å². The van der Waals surface area contributed by atoms with Crippen molar-refractivity contribution >= 4 is 23.4 Å². The Hall–Kier alpha value is -3.79. The molecular weight excluding hydrogens is 546 g/mol. The molecule has 2 aliphatic rings. The summed E-state index contributed by atoms with van der Waals surface area (Å²) in [6.45, 7) is 3.84. The zero-order chi connectivity index (χ0) is 29.1. The van der Waals surface area contributed by atoms with E-state index in [1.165, 1.54) is 4.90 Å². The number of fused-ring (bicyclic) bond motifs is 5. The van der Waals surface area contributed by atoms with Crippen molar-refractivity contribution in [1.82, 2.24) is 15.1 Å². The second-order valence-electron chi connectivity index (χ2n) is 10.4. The SMILES string of the molecule is COc1cc(OC)c(CN2C[C@@H]3NC(=O)CN(C)C(=O)c4ccc(C)c(c4)Oc4cccc(c4)CO[C@H]3C2)cc1Cl. The summed E-state index contributed by atoms with van der Waals surface area (Å²) < 4.78 is 23.5. The monoisotopic (exact) mass is 579 g/mol. The van der Waals surface area contributed by atoms with Crippen LogP contribution >= 0.6 is 11.6 Å². The summed E-state index contributed by atoms with van der Waals surface area (Å²) in [5.41, 5.74) is 3.18. The highest BCUT2D eigenvalue weighted by Gasteiger charge is 2.35. The van der Waals surface area contributed by atoms with Gasteiger partial charge in [0.15, 0.2) is 0 Å². The topological polar surface area (TPSA) is 89.6 Å². The zero-order valence-electron chi connectivity index (χ0n) is 23.6. The molecule has 0 spiro atoms. The van der Waals surface area contributed by atoms with E-state index >= 15 is 0 Å². The molecule has 0 aliphatic carbocycles. The second-order valence-corrected chi connectivity index (χ2v) is 10.8. The van der Waals surface area contributed by atoms with Crippen molar-refractivity contribution in [3.05, 3.63) is 81.9 Å². The summed E-state index contributed by atoms with van der Waals surface area (Å²) in [5, 5.41) is 3.60. The number of halogens is 1. The van der Waals surface area contributed by atoms with Gasteiger partial charge in [0, 0.05) is 43.9 Å². The van der Waals surface area contributed by atoms with E-state index in [4.69, 9.17) is 30.5 Å². The van der Waals surface area contributed by atoms with Crippen LogP contribution in [0.15, 0.2) is 54.6 Å². The van der Waals surface area contributed by atoms with Crippen LogP contribution in [0.1, 0.15) is 27.0 Å². The quantitative estimate of drug-likeness (QED) is 0.489. The van der Waals surface area contributed by atoms with Crippen LogP contribution in [0, 0.1) is 6.92 Å². The fourth-order valence-electron chi connectivity index (χ4n) is 5.21. The number of amides is 2. The number of likely N-dealkylation sites (tertiary alicyclic amines) is 1. The minimum Gasteiger partial charge on any atom is -0.496 e. The highest BCUT2D eigenvalue weighted by Crippen LogP contribution is 2.34. The number of methoxy groups -OCH3 is 2. The third kappa shape index (κ3) is 6.59. The fourth-order valence-corrected chi connectivity index (χ4v) is 5.47.